The molecule has 3 heteroatoms. The Bertz CT molecular complexity index is 199. The minimum atomic E-state index is -0.0798. The Labute approximate surface area is 73.4 Å². The minimum Gasteiger partial charge on any atom is -0.332 e. The second kappa shape index (κ2) is 3.27. The lowest BCUT2D eigenvalue weighted by Gasteiger charge is -2.42. The van der Waals surface area contributed by atoms with Crippen LogP contribution in [0.3, 0.4) is 0 Å². The van der Waals surface area contributed by atoms with Crippen LogP contribution in [-0.4, -0.2) is 36.0 Å². The smallest absolute Gasteiger partial charge is 0.246 e. The normalized spacial score (nSPS) is 22.0. The molecule has 1 rings (SSSR count). The second-order valence-electron chi connectivity index (χ2n) is 3.68. The molecule has 68 valence electrons. The van der Waals surface area contributed by atoms with E-state index in [0.717, 1.165) is 19.6 Å². The van der Waals surface area contributed by atoms with Crippen LogP contribution in [0.4, 0.5) is 0 Å². The third kappa shape index (κ3) is 1.67. The highest BCUT2D eigenvalue weighted by Gasteiger charge is 2.31. The molecule has 1 heterocycles. The van der Waals surface area contributed by atoms with E-state index in [0.29, 0.717) is 0 Å². The minimum absolute atomic E-state index is 0.0292. The SMILES string of the molecule is C=CC(=O)N1CCNCC1(C)C. The summed E-state index contributed by atoms with van der Waals surface area (Å²) in [4.78, 5) is 13.2. The second-order valence-corrected chi connectivity index (χ2v) is 3.68. The molecule has 0 aliphatic carbocycles. The standard InChI is InChI=1S/C9H16N2O/c1-4-8(12)11-6-5-10-7-9(11,2)3/h4,10H,1,5-7H2,2-3H3. The molecule has 0 saturated carbocycles. The molecule has 0 atom stereocenters. The predicted octanol–water partition coefficient (Wildman–Crippen LogP) is 0.383. The van der Waals surface area contributed by atoms with Crippen molar-refractivity contribution in [2.24, 2.45) is 0 Å². The number of nitrogens with zero attached hydrogens (tertiary/aromatic N) is 1. The lowest BCUT2D eigenvalue weighted by Crippen LogP contribution is -2.59. The first-order chi connectivity index (χ1) is 5.58. The third-order valence-electron chi connectivity index (χ3n) is 2.24. The largest absolute Gasteiger partial charge is 0.332 e. The van der Waals surface area contributed by atoms with E-state index >= 15 is 0 Å². The molecule has 1 amide bonds. The van der Waals surface area contributed by atoms with Gasteiger partial charge in [-0.2, -0.15) is 0 Å². The topological polar surface area (TPSA) is 32.3 Å². The van der Waals surface area contributed by atoms with E-state index in [4.69, 9.17) is 0 Å². The van der Waals surface area contributed by atoms with Gasteiger partial charge in [-0.3, -0.25) is 4.79 Å². The summed E-state index contributed by atoms with van der Waals surface area (Å²) < 4.78 is 0. The summed E-state index contributed by atoms with van der Waals surface area (Å²) in [7, 11) is 0. The van der Waals surface area contributed by atoms with E-state index in [9.17, 15) is 4.79 Å². The Balaban J connectivity index is 2.72. The van der Waals surface area contributed by atoms with E-state index in [1.807, 2.05) is 4.90 Å². The zero-order valence-electron chi connectivity index (χ0n) is 7.76. The van der Waals surface area contributed by atoms with Crippen molar-refractivity contribution in [3.8, 4) is 0 Å². The van der Waals surface area contributed by atoms with Crippen molar-refractivity contribution >= 4 is 5.91 Å². The molecular formula is C9H16N2O. The summed E-state index contributed by atoms with van der Waals surface area (Å²) in [5, 5.41) is 3.26. The number of carbonyl (C=O) groups is 1. The van der Waals surface area contributed by atoms with Crippen molar-refractivity contribution in [1.82, 2.24) is 10.2 Å². The van der Waals surface area contributed by atoms with Gasteiger partial charge in [0.1, 0.15) is 0 Å². The molecule has 3 nitrogen and oxygen atoms in total. The Hall–Kier alpha value is -0.830. The van der Waals surface area contributed by atoms with Gasteiger partial charge in [0.15, 0.2) is 0 Å². The quantitative estimate of drug-likeness (QED) is 0.574. The molecule has 0 aromatic carbocycles. The molecule has 1 fully saturated rings. The maximum atomic E-state index is 11.4. The molecule has 0 bridgehead atoms. The average Bonchev–Trinajstić information content (AvgIpc) is 2.02. The van der Waals surface area contributed by atoms with Crippen molar-refractivity contribution in [2.75, 3.05) is 19.6 Å². The average molecular weight is 168 g/mol. The molecule has 0 spiro atoms. The van der Waals surface area contributed by atoms with Crippen LogP contribution in [0, 0.1) is 0 Å². The number of carbonyl (C=O) groups excluding carboxylic acids is 1. The highest BCUT2D eigenvalue weighted by Crippen LogP contribution is 2.16. The number of rotatable bonds is 1. The summed E-state index contributed by atoms with van der Waals surface area (Å²) in [6, 6.07) is 0. The van der Waals surface area contributed by atoms with Crippen LogP contribution in [0.2, 0.25) is 0 Å². The summed E-state index contributed by atoms with van der Waals surface area (Å²) in [5.41, 5.74) is -0.0798. The maximum Gasteiger partial charge on any atom is 0.246 e. The van der Waals surface area contributed by atoms with E-state index in [-0.39, 0.29) is 11.4 Å². The number of nitrogens with one attached hydrogen (secondary N) is 1. The van der Waals surface area contributed by atoms with Crippen LogP contribution in [0.1, 0.15) is 13.8 Å². The van der Waals surface area contributed by atoms with Gasteiger partial charge >= 0.3 is 0 Å². The molecule has 0 unspecified atom stereocenters. The van der Waals surface area contributed by atoms with Crippen LogP contribution in [0.15, 0.2) is 12.7 Å². The Morgan fingerprint density at radius 2 is 2.33 bits per heavy atom. The van der Waals surface area contributed by atoms with Gasteiger partial charge in [0.25, 0.3) is 0 Å². The fourth-order valence-corrected chi connectivity index (χ4v) is 1.50. The van der Waals surface area contributed by atoms with Gasteiger partial charge in [-0.15, -0.1) is 0 Å². The highest BCUT2D eigenvalue weighted by molar-refractivity contribution is 5.87. The zero-order chi connectivity index (χ0) is 9.19. The van der Waals surface area contributed by atoms with Crippen molar-refractivity contribution < 1.29 is 4.79 Å². The van der Waals surface area contributed by atoms with Gasteiger partial charge in [0.2, 0.25) is 5.91 Å². The van der Waals surface area contributed by atoms with Crippen molar-refractivity contribution in [1.29, 1.82) is 0 Å². The fourth-order valence-electron chi connectivity index (χ4n) is 1.50. The lowest BCUT2D eigenvalue weighted by molar-refractivity contribution is -0.132. The van der Waals surface area contributed by atoms with E-state index in [2.05, 4.69) is 25.7 Å². The van der Waals surface area contributed by atoms with Crippen LogP contribution >= 0.6 is 0 Å². The molecule has 0 aromatic rings. The maximum absolute atomic E-state index is 11.4. The number of piperazine rings is 1. The van der Waals surface area contributed by atoms with Gasteiger partial charge in [-0.05, 0) is 19.9 Å². The monoisotopic (exact) mass is 168 g/mol. The number of amides is 1. The fraction of sp³-hybridized carbons (Fsp3) is 0.667. The van der Waals surface area contributed by atoms with Gasteiger partial charge in [-0.1, -0.05) is 6.58 Å². The molecule has 1 saturated heterocycles. The van der Waals surface area contributed by atoms with Crippen molar-refractivity contribution in [3.05, 3.63) is 12.7 Å². The third-order valence-corrected chi connectivity index (χ3v) is 2.24. The summed E-state index contributed by atoms with van der Waals surface area (Å²) in [6.45, 7) is 10.1. The summed E-state index contributed by atoms with van der Waals surface area (Å²) in [6.07, 6.45) is 1.38. The van der Waals surface area contributed by atoms with E-state index in [1.165, 1.54) is 6.08 Å². The van der Waals surface area contributed by atoms with Crippen LogP contribution in [0.5, 0.6) is 0 Å². The van der Waals surface area contributed by atoms with E-state index < -0.39 is 0 Å². The van der Waals surface area contributed by atoms with Gasteiger partial charge in [-0.25, -0.2) is 0 Å². The molecule has 1 aliphatic rings. The Kier molecular flexibility index (Phi) is 2.52. The van der Waals surface area contributed by atoms with Gasteiger partial charge < -0.3 is 10.2 Å². The number of hydrogen-bond donors (Lipinski definition) is 1. The van der Waals surface area contributed by atoms with E-state index in [1.54, 1.807) is 0 Å². The van der Waals surface area contributed by atoms with Crippen molar-refractivity contribution in [3.63, 3.8) is 0 Å². The van der Waals surface area contributed by atoms with Crippen molar-refractivity contribution in [2.45, 2.75) is 19.4 Å². The number of hydrogen-bond acceptors (Lipinski definition) is 2. The molecule has 1 aliphatic heterocycles. The first kappa shape index (κ1) is 9.26. The molecule has 1 N–H and O–H groups in total. The first-order valence-electron chi connectivity index (χ1n) is 4.23. The molecule has 0 radical (unpaired) electrons. The molecule has 12 heavy (non-hydrogen) atoms. The van der Waals surface area contributed by atoms with Crippen LogP contribution in [0.25, 0.3) is 0 Å². The van der Waals surface area contributed by atoms with Gasteiger partial charge in [0, 0.05) is 19.6 Å². The predicted molar refractivity (Wildman–Crippen MR) is 48.9 cm³/mol. The summed E-state index contributed by atoms with van der Waals surface area (Å²) in [5.74, 6) is 0.0292. The van der Waals surface area contributed by atoms with Crippen LogP contribution in [-0.2, 0) is 4.79 Å². The highest BCUT2D eigenvalue weighted by atomic mass is 16.2. The van der Waals surface area contributed by atoms with Crippen LogP contribution < -0.4 is 5.32 Å². The zero-order valence-corrected chi connectivity index (χ0v) is 7.76. The summed E-state index contributed by atoms with van der Waals surface area (Å²) >= 11 is 0. The molecule has 0 aromatic heterocycles. The Morgan fingerprint density at radius 1 is 1.67 bits per heavy atom. The Morgan fingerprint density at radius 3 is 2.83 bits per heavy atom. The first-order valence-corrected chi connectivity index (χ1v) is 4.23. The lowest BCUT2D eigenvalue weighted by atomic mass is 10.0. The molecular weight excluding hydrogens is 152 g/mol. The van der Waals surface area contributed by atoms with Gasteiger partial charge in [0.05, 0.1) is 5.54 Å².